The molecule has 2 fully saturated rings. The molecule has 126 valence electrons. The van der Waals surface area contributed by atoms with Gasteiger partial charge < -0.3 is 10.2 Å². The minimum atomic E-state index is -0.00831. The van der Waals surface area contributed by atoms with E-state index in [4.69, 9.17) is 4.98 Å². The zero-order valence-electron chi connectivity index (χ0n) is 14.3. The van der Waals surface area contributed by atoms with Crippen LogP contribution in [0.2, 0.25) is 0 Å². The Morgan fingerprint density at radius 2 is 2.04 bits per heavy atom. The molecule has 1 aromatic rings. The van der Waals surface area contributed by atoms with Gasteiger partial charge in [0.25, 0.3) is 0 Å². The minimum absolute atomic E-state index is 0.00831. The number of nitrogens with zero attached hydrogens (tertiary/aromatic N) is 3. The van der Waals surface area contributed by atoms with Crippen molar-refractivity contribution in [2.75, 3.05) is 26.7 Å². The third kappa shape index (κ3) is 4.09. The second-order valence-electron chi connectivity index (χ2n) is 6.89. The molecular weight excluding hydrogens is 288 g/mol. The van der Waals surface area contributed by atoms with Gasteiger partial charge in [0, 0.05) is 13.0 Å². The fourth-order valence-corrected chi connectivity index (χ4v) is 3.87. The molecule has 0 aliphatic carbocycles. The fourth-order valence-electron chi connectivity index (χ4n) is 3.87. The molecule has 5 heteroatoms. The Labute approximate surface area is 139 Å². The van der Waals surface area contributed by atoms with Gasteiger partial charge in [-0.25, -0.2) is 0 Å². The summed E-state index contributed by atoms with van der Waals surface area (Å²) in [5.41, 5.74) is 2.12. The van der Waals surface area contributed by atoms with Gasteiger partial charge in [0.15, 0.2) is 0 Å². The number of piperidine rings is 1. The molecule has 1 atom stereocenters. The highest BCUT2D eigenvalue weighted by molar-refractivity contribution is 5.72. The van der Waals surface area contributed by atoms with Crippen LogP contribution in [0.25, 0.3) is 0 Å². The number of aromatic nitrogens is 1. The van der Waals surface area contributed by atoms with E-state index in [1.807, 2.05) is 6.07 Å². The maximum absolute atomic E-state index is 11.1. The van der Waals surface area contributed by atoms with Crippen molar-refractivity contribution in [3.8, 4) is 0 Å². The number of amides is 1. The van der Waals surface area contributed by atoms with Crippen LogP contribution >= 0.6 is 0 Å². The number of rotatable bonds is 4. The average molecular weight is 316 g/mol. The second kappa shape index (κ2) is 7.41. The lowest BCUT2D eigenvalue weighted by Crippen LogP contribution is -2.43. The van der Waals surface area contributed by atoms with Crippen LogP contribution in [0.5, 0.6) is 0 Å². The Balaban J connectivity index is 1.69. The van der Waals surface area contributed by atoms with Gasteiger partial charge in [-0.3, -0.25) is 14.7 Å². The van der Waals surface area contributed by atoms with Crippen molar-refractivity contribution in [3.63, 3.8) is 0 Å². The molecule has 3 heterocycles. The molecule has 0 radical (unpaired) electrons. The van der Waals surface area contributed by atoms with Crippen LogP contribution < -0.4 is 5.32 Å². The van der Waals surface area contributed by atoms with Gasteiger partial charge in [-0.05, 0) is 64.5 Å². The number of likely N-dealkylation sites (tertiary alicyclic amines) is 2. The summed E-state index contributed by atoms with van der Waals surface area (Å²) in [6.07, 6.45) is 4.98. The number of hydrogen-bond donors (Lipinski definition) is 1. The maximum atomic E-state index is 11.1. The van der Waals surface area contributed by atoms with Gasteiger partial charge in [-0.1, -0.05) is 6.07 Å². The minimum Gasteiger partial charge on any atom is -0.351 e. The summed E-state index contributed by atoms with van der Waals surface area (Å²) in [6.45, 7) is 5.65. The average Bonchev–Trinajstić information content (AvgIpc) is 3.03. The lowest BCUT2D eigenvalue weighted by molar-refractivity contribution is -0.119. The monoisotopic (exact) mass is 316 g/mol. The van der Waals surface area contributed by atoms with Crippen molar-refractivity contribution in [1.29, 1.82) is 0 Å². The first kappa shape index (κ1) is 16.4. The summed E-state index contributed by atoms with van der Waals surface area (Å²) in [5.74, 6) is -0.00831. The number of carbonyl (C=O) groups excluding carboxylic acids is 1. The van der Waals surface area contributed by atoms with Crippen LogP contribution in [0.3, 0.4) is 0 Å². The smallest absolute Gasteiger partial charge is 0.217 e. The van der Waals surface area contributed by atoms with E-state index in [1.54, 1.807) is 6.92 Å². The third-order valence-corrected chi connectivity index (χ3v) is 5.14. The number of hydrogen-bond acceptors (Lipinski definition) is 4. The molecule has 1 aromatic heterocycles. The zero-order valence-corrected chi connectivity index (χ0v) is 14.3. The Hall–Kier alpha value is -1.46. The third-order valence-electron chi connectivity index (χ3n) is 5.14. The first-order chi connectivity index (χ1) is 11.1. The van der Waals surface area contributed by atoms with E-state index in [9.17, 15) is 4.79 Å². The lowest BCUT2D eigenvalue weighted by atomic mass is 10.0. The van der Waals surface area contributed by atoms with Crippen LogP contribution in [-0.4, -0.2) is 53.4 Å². The van der Waals surface area contributed by atoms with Gasteiger partial charge in [0.05, 0.1) is 24.0 Å². The number of pyridine rings is 1. The fraction of sp³-hybridized carbons (Fsp3) is 0.667. The molecule has 2 saturated heterocycles. The van der Waals surface area contributed by atoms with Crippen molar-refractivity contribution in [3.05, 3.63) is 29.6 Å². The maximum Gasteiger partial charge on any atom is 0.217 e. The summed E-state index contributed by atoms with van der Waals surface area (Å²) in [4.78, 5) is 21.0. The molecule has 0 spiro atoms. The van der Waals surface area contributed by atoms with Crippen molar-refractivity contribution < 1.29 is 4.79 Å². The molecule has 2 aliphatic rings. The van der Waals surface area contributed by atoms with Crippen LogP contribution in [0.4, 0.5) is 0 Å². The van der Waals surface area contributed by atoms with Crippen LogP contribution in [0, 0.1) is 0 Å². The van der Waals surface area contributed by atoms with E-state index in [-0.39, 0.29) is 5.91 Å². The summed E-state index contributed by atoms with van der Waals surface area (Å²) in [6, 6.07) is 7.36. The Bertz CT molecular complexity index is 540. The SMILES string of the molecule is CC(=O)NCc1cccc([C@@H]2CCCN2C2CCN(C)CC2)n1. The van der Waals surface area contributed by atoms with Gasteiger partial charge in [0.1, 0.15) is 0 Å². The Kier molecular flexibility index (Phi) is 5.28. The predicted molar refractivity (Wildman–Crippen MR) is 91.0 cm³/mol. The summed E-state index contributed by atoms with van der Waals surface area (Å²) in [7, 11) is 2.21. The van der Waals surface area contributed by atoms with E-state index >= 15 is 0 Å². The van der Waals surface area contributed by atoms with Crippen LogP contribution in [0.15, 0.2) is 18.2 Å². The van der Waals surface area contributed by atoms with E-state index in [2.05, 4.69) is 34.3 Å². The van der Waals surface area contributed by atoms with Crippen LogP contribution in [0.1, 0.15) is 50.0 Å². The van der Waals surface area contributed by atoms with Gasteiger partial charge in [-0.15, -0.1) is 0 Å². The summed E-state index contributed by atoms with van der Waals surface area (Å²) in [5, 5.41) is 2.84. The first-order valence-corrected chi connectivity index (χ1v) is 8.78. The zero-order chi connectivity index (χ0) is 16.2. The summed E-state index contributed by atoms with van der Waals surface area (Å²) >= 11 is 0. The molecule has 23 heavy (non-hydrogen) atoms. The van der Waals surface area contributed by atoms with Gasteiger partial charge in [-0.2, -0.15) is 0 Å². The van der Waals surface area contributed by atoms with Crippen LogP contribution in [-0.2, 0) is 11.3 Å². The van der Waals surface area contributed by atoms with Gasteiger partial charge >= 0.3 is 0 Å². The predicted octanol–water partition coefficient (Wildman–Crippen LogP) is 1.95. The van der Waals surface area contributed by atoms with Crippen molar-refractivity contribution in [1.82, 2.24) is 20.1 Å². The highest BCUT2D eigenvalue weighted by Gasteiger charge is 2.33. The number of nitrogens with one attached hydrogen (secondary N) is 1. The van der Waals surface area contributed by atoms with Crippen molar-refractivity contribution in [2.45, 2.75) is 51.2 Å². The molecule has 0 bridgehead atoms. The molecule has 0 saturated carbocycles. The number of carbonyl (C=O) groups is 1. The normalized spacial score (nSPS) is 24.0. The highest BCUT2D eigenvalue weighted by Crippen LogP contribution is 2.35. The Morgan fingerprint density at radius 1 is 1.26 bits per heavy atom. The topological polar surface area (TPSA) is 48.5 Å². The molecule has 1 N–H and O–H groups in total. The van der Waals surface area contributed by atoms with Crippen molar-refractivity contribution >= 4 is 5.91 Å². The summed E-state index contributed by atoms with van der Waals surface area (Å²) < 4.78 is 0. The highest BCUT2D eigenvalue weighted by atomic mass is 16.1. The Morgan fingerprint density at radius 3 is 2.78 bits per heavy atom. The molecule has 0 unspecified atom stereocenters. The molecule has 3 rings (SSSR count). The van der Waals surface area contributed by atoms with E-state index in [0.29, 0.717) is 18.6 Å². The van der Waals surface area contributed by atoms with E-state index in [0.717, 1.165) is 5.69 Å². The largest absolute Gasteiger partial charge is 0.351 e. The van der Waals surface area contributed by atoms with E-state index in [1.165, 1.54) is 51.0 Å². The van der Waals surface area contributed by atoms with E-state index < -0.39 is 0 Å². The molecule has 0 aromatic carbocycles. The molecule has 2 aliphatic heterocycles. The quantitative estimate of drug-likeness (QED) is 0.922. The standard InChI is InChI=1S/C18H28N4O/c1-14(23)19-13-15-5-3-6-17(20-15)18-7-4-10-22(18)16-8-11-21(2)12-9-16/h3,5-6,16,18H,4,7-13H2,1-2H3,(H,19,23)/t18-/m0/s1. The van der Waals surface area contributed by atoms with Gasteiger partial charge in [0.2, 0.25) is 5.91 Å². The molecule has 5 nitrogen and oxygen atoms in total. The first-order valence-electron chi connectivity index (χ1n) is 8.78. The lowest BCUT2D eigenvalue weighted by Gasteiger charge is -2.38. The van der Waals surface area contributed by atoms with Crippen molar-refractivity contribution in [2.24, 2.45) is 0 Å². The molecule has 1 amide bonds. The second-order valence-corrected chi connectivity index (χ2v) is 6.89. The molecular formula is C18H28N4O.